The van der Waals surface area contributed by atoms with E-state index in [2.05, 4.69) is 35.9 Å². The molecule has 0 fully saturated rings. The fraction of sp³-hybridized carbons (Fsp3) is 0.308. The average Bonchev–Trinajstić information content (AvgIpc) is 3.11. The standard InChI is InChI=1S/C26H30N2O3/c1-6-17(2)23-9-7-8-10-24(23)27-25(29)20(5)31-26(30)21-13-15-22(16-14-21)28-18(3)11-12-19(28)4/h7-17,20H,6H2,1-5H3,(H,27,29)/t17-,20-/m1/s1. The van der Waals surface area contributed by atoms with Crippen LogP contribution in [0.5, 0.6) is 0 Å². The third kappa shape index (κ3) is 5.05. The summed E-state index contributed by atoms with van der Waals surface area (Å²) >= 11 is 0. The van der Waals surface area contributed by atoms with Gasteiger partial charge in [0.1, 0.15) is 0 Å². The van der Waals surface area contributed by atoms with Crippen LogP contribution in [0, 0.1) is 13.8 Å². The number of amides is 1. The van der Waals surface area contributed by atoms with Gasteiger partial charge < -0.3 is 14.6 Å². The predicted molar refractivity (Wildman–Crippen MR) is 124 cm³/mol. The highest BCUT2D eigenvalue weighted by Gasteiger charge is 2.20. The number of hydrogen-bond donors (Lipinski definition) is 1. The molecule has 1 aromatic heterocycles. The minimum atomic E-state index is -0.911. The van der Waals surface area contributed by atoms with Crippen molar-refractivity contribution in [2.75, 3.05) is 5.32 Å². The van der Waals surface area contributed by atoms with Gasteiger partial charge >= 0.3 is 5.97 Å². The number of carbonyl (C=O) groups is 2. The maximum atomic E-state index is 12.6. The topological polar surface area (TPSA) is 60.3 Å². The van der Waals surface area contributed by atoms with E-state index in [4.69, 9.17) is 4.74 Å². The molecule has 5 heteroatoms. The van der Waals surface area contributed by atoms with Gasteiger partial charge in [0.05, 0.1) is 5.56 Å². The van der Waals surface area contributed by atoms with Crippen molar-refractivity contribution in [3.63, 3.8) is 0 Å². The number of anilines is 1. The van der Waals surface area contributed by atoms with E-state index < -0.39 is 12.1 Å². The molecule has 0 unspecified atom stereocenters. The van der Waals surface area contributed by atoms with E-state index in [1.807, 2.05) is 50.2 Å². The van der Waals surface area contributed by atoms with Crippen molar-refractivity contribution in [1.82, 2.24) is 4.57 Å². The van der Waals surface area contributed by atoms with E-state index >= 15 is 0 Å². The average molecular weight is 419 g/mol. The molecule has 0 radical (unpaired) electrons. The number of aromatic nitrogens is 1. The van der Waals surface area contributed by atoms with Crippen molar-refractivity contribution in [2.45, 2.75) is 53.1 Å². The summed E-state index contributed by atoms with van der Waals surface area (Å²) in [7, 11) is 0. The van der Waals surface area contributed by atoms with Crippen LogP contribution in [0.3, 0.4) is 0 Å². The first-order valence-electron chi connectivity index (χ1n) is 10.7. The second-order valence-electron chi connectivity index (χ2n) is 7.93. The van der Waals surface area contributed by atoms with Gasteiger partial charge in [-0.1, -0.05) is 32.0 Å². The SMILES string of the molecule is CC[C@@H](C)c1ccccc1NC(=O)[C@@H](C)OC(=O)c1ccc(-n2c(C)ccc2C)cc1. The molecule has 162 valence electrons. The molecule has 31 heavy (non-hydrogen) atoms. The molecule has 0 saturated heterocycles. The Kier molecular flexibility index (Phi) is 6.95. The molecule has 1 N–H and O–H groups in total. The summed E-state index contributed by atoms with van der Waals surface area (Å²) in [6, 6.07) is 19.0. The summed E-state index contributed by atoms with van der Waals surface area (Å²) in [4.78, 5) is 25.2. The molecule has 0 spiro atoms. The highest BCUT2D eigenvalue weighted by Crippen LogP contribution is 2.26. The van der Waals surface area contributed by atoms with Gasteiger partial charge in [-0.3, -0.25) is 4.79 Å². The number of benzene rings is 2. The van der Waals surface area contributed by atoms with Crippen molar-refractivity contribution in [1.29, 1.82) is 0 Å². The second-order valence-corrected chi connectivity index (χ2v) is 7.93. The largest absolute Gasteiger partial charge is 0.449 e. The Morgan fingerprint density at radius 1 is 0.935 bits per heavy atom. The molecule has 0 aliphatic heterocycles. The Balaban J connectivity index is 1.66. The number of esters is 1. The highest BCUT2D eigenvalue weighted by molar-refractivity contribution is 5.97. The highest BCUT2D eigenvalue weighted by atomic mass is 16.5. The van der Waals surface area contributed by atoms with E-state index in [0.29, 0.717) is 11.5 Å². The van der Waals surface area contributed by atoms with Gasteiger partial charge in [0, 0.05) is 22.8 Å². The molecule has 0 aliphatic carbocycles. The van der Waals surface area contributed by atoms with Crippen LogP contribution in [-0.2, 0) is 9.53 Å². The van der Waals surface area contributed by atoms with Crippen molar-refractivity contribution in [3.8, 4) is 5.69 Å². The van der Waals surface area contributed by atoms with Crippen molar-refractivity contribution in [3.05, 3.63) is 83.2 Å². The minimum Gasteiger partial charge on any atom is -0.449 e. The van der Waals surface area contributed by atoms with Gasteiger partial charge in [0.25, 0.3) is 5.91 Å². The Labute approximate surface area is 184 Å². The van der Waals surface area contributed by atoms with Crippen LogP contribution in [0.1, 0.15) is 60.4 Å². The summed E-state index contributed by atoms with van der Waals surface area (Å²) in [5.74, 6) is -0.551. The zero-order chi connectivity index (χ0) is 22.5. The smallest absolute Gasteiger partial charge is 0.338 e. The van der Waals surface area contributed by atoms with Crippen molar-refractivity contribution in [2.24, 2.45) is 0 Å². The zero-order valence-corrected chi connectivity index (χ0v) is 18.8. The molecule has 0 saturated carbocycles. The lowest BCUT2D eigenvalue weighted by molar-refractivity contribution is -0.123. The van der Waals surface area contributed by atoms with Crippen LogP contribution in [0.25, 0.3) is 5.69 Å². The van der Waals surface area contributed by atoms with Crippen LogP contribution in [0.15, 0.2) is 60.7 Å². The molecule has 3 rings (SSSR count). The molecule has 5 nitrogen and oxygen atoms in total. The van der Waals surface area contributed by atoms with E-state index in [9.17, 15) is 9.59 Å². The third-order valence-electron chi connectivity index (χ3n) is 5.65. The fourth-order valence-electron chi connectivity index (χ4n) is 3.60. The number of nitrogens with zero attached hydrogens (tertiary/aromatic N) is 1. The van der Waals surface area contributed by atoms with Gasteiger partial charge in [0.2, 0.25) is 0 Å². The monoisotopic (exact) mass is 418 g/mol. The molecular weight excluding hydrogens is 388 g/mol. The van der Waals surface area contributed by atoms with Crippen molar-refractivity contribution >= 4 is 17.6 Å². The normalized spacial score (nSPS) is 12.8. The summed E-state index contributed by atoms with van der Waals surface area (Å²) in [5, 5.41) is 2.90. The first-order chi connectivity index (χ1) is 14.8. The molecule has 3 aromatic rings. The number of aryl methyl sites for hydroxylation is 2. The Bertz CT molecular complexity index is 1050. The summed E-state index contributed by atoms with van der Waals surface area (Å²) in [6.45, 7) is 9.89. The first-order valence-corrected chi connectivity index (χ1v) is 10.7. The van der Waals surface area contributed by atoms with Crippen molar-refractivity contribution < 1.29 is 14.3 Å². The molecule has 0 bridgehead atoms. The van der Waals surface area contributed by atoms with E-state index in [1.165, 1.54) is 0 Å². The van der Waals surface area contributed by atoms with E-state index in [1.54, 1.807) is 19.1 Å². The maximum absolute atomic E-state index is 12.6. The molecule has 0 aliphatic rings. The zero-order valence-electron chi connectivity index (χ0n) is 18.8. The Morgan fingerprint density at radius 2 is 1.55 bits per heavy atom. The van der Waals surface area contributed by atoms with Gasteiger partial charge in [-0.05, 0) is 81.1 Å². The first kappa shape index (κ1) is 22.3. The minimum absolute atomic E-state index is 0.320. The van der Waals surface area contributed by atoms with Crippen LogP contribution in [-0.4, -0.2) is 22.5 Å². The van der Waals surface area contributed by atoms with Gasteiger partial charge in [-0.2, -0.15) is 0 Å². The third-order valence-corrected chi connectivity index (χ3v) is 5.65. The summed E-state index contributed by atoms with van der Waals surface area (Å²) in [5.41, 5.74) is 5.45. The fourth-order valence-corrected chi connectivity index (χ4v) is 3.60. The number of rotatable bonds is 7. The molecule has 2 atom stereocenters. The molecule has 1 amide bonds. The number of hydrogen-bond acceptors (Lipinski definition) is 3. The molecule has 1 heterocycles. The van der Waals surface area contributed by atoms with Crippen LogP contribution in [0.4, 0.5) is 5.69 Å². The van der Waals surface area contributed by atoms with Crippen LogP contribution < -0.4 is 5.32 Å². The number of nitrogens with one attached hydrogen (secondary N) is 1. The summed E-state index contributed by atoms with van der Waals surface area (Å²) < 4.78 is 7.53. The lowest BCUT2D eigenvalue weighted by Gasteiger charge is -2.18. The molecular formula is C26H30N2O3. The maximum Gasteiger partial charge on any atom is 0.338 e. The van der Waals surface area contributed by atoms with E-state index in [-0.39, 0.29) is 5.91 Å². The van der Waals surface area contributed by atoms with Gasteiger partial charge in [-0.15, -0.1) is 0 Å². The number of ether oxygens (including phenoxy) is 1. The lowest BCUT2D eigenvalue weighted by atomic mass is 9.97. The van der Waals surface area contributed by atoms with E-state index in [0.717, 1.165) is 34.7 Å². The van der Waals surface area contributed by atoms with Gasteiger partial charge in [-0.25, -0.2) is 4.79 Å². The quantitative estimate of drug-likeness (QED) is 0.494. The van der Waals surface area contributed by atoms with Crippen LogP contribution in [0.2, 0.25) is 0 Å². The number of para-hydroxylation sites is 1. The lowest BCUT2D eigenvalue weighted by Crippen LogP contribution is -2.30. The predicted octanol–water partition coefficient (Wildman–Crippen LogP) is 5.79. The Hall–Kier alpha value is -3.34. The molecule has 2 aromatic carbocycles. The van der Waals surface area contributed by atoms with Crippen LogP contribution >= 0.6 is 0 Å². The number of carbonyl (C=O) groups excluding carboxylic acids is 2. The van der Waals surface area contributed by atoms with Gasteiger partial charge in [0.15, 0.2) is 6.10 Å². The second kappa shape index (κ2) is 9.65. The Morgan fingerprint density at radius 3 is 2.16 bits per heavy atom. The summed E-state index contributed by atoms with van der Waals surface area (Å²) in [6.07, 6.45) is 0.0567.